The topological polar surface area (TPSA) is 101 Å². The van der Waals surface area contributed by atoms with Crippen molar-refractivity contribution in [1.29, 1.82) is 5.41 Å². The molecule has 1 saturated heterocycles. The largest absolute Gasteiger partial charge is 0.477 e. The number of rotatable bonds is 7. The van der Waals surface area contributed by atoms with Gasteiger partial charge in [-0.05, 0) is 55.2 Å². The van der Waals surface area contributed by atoms with Gasteiger partial charge in [0.25, 0.3) is 0 Å². The Bertz CT molecular complexity index is 905. The number of benzene rings is 1. The van der Waals surface area contributed by atoms with Gasteiger partial charge in [-0.2, -0.15) is 0 Å². The maximum atomic E-state index is 11.3. The van der Waals surface area contributed by atoms with E-state index in [1.807, 2.05) is 19.1 Å². The number of carbonyl (C=O) groups is 1. The van der Waals surface area contributed by atoms with Crippen LogP contribution in [0.2, 0.25) is 5.02 Å². The number of aliphatic carboxylic acids is 1. The fourth-order valence-electron chi connectivity index (χ4n) is 5.42. The highest BCUT2D eigenvalue weighted by molar-refractivity contribution is 6.41. The first-order valence-electron chi connectivity index (χ1n) is 10.8. The lowest BCUT2D eigenvalue weighted by atomic mass is 9.87. The van der Waals surface area contributed by atoms with Gasteiger partial charge in [0, 0.05) is 42.2 Å². The van der Waals surface area contributed by atoms with E-state index in [4.69, 9.17) is 17.0 Å². The lowest BCUT2D eigenvalue weighted by Gasteiger charge is -2.39. The minimum Gasteiger partial charge on any atom is -0.477 e. The summed E-state index contributed by atoms with van der Waals surface area (Å²) < 4.78 is 0. The zero-order valence-electron chi connectivity index (χ0n) is 17.6. The molecule has 1 aromatic rings. The van der Waals surface area contributed by atoms with E-state index >= 15 is 0 Å². The van der Waals surface area contributed by atoms with E-state index < -0.39 is 11.6 Å². The van der Waals surface area contributed by atoms with Crippen molar-refractivity contribution in [3.8, 4) is 0 Å². The molecule has 4 rings (SSSR count). The van der Waals surface area contributed by atoms with Gasteiger partial charge in [0.05, 0.1) is 12.1 Å². The van der Waals surface area contributed by atoms with Crippen LogP contribution in [0.15, 0.2) is 29.5 Å². The number of fused-ring (bicyclic) bond motifs is 1. The van der Waals surface area contributed by atoms with Gasteiger partial charge in [-0.15, -0.1) is 0 Å². The number of piperidine rings is 1. The predicted molar refractivity (Wildman–Crippen MR) is 117 cm³/mol. The van der Waals surface area contributed by atoms with Crippen LogP contribution in [0.25, 0.3) is 0 Å². The second-order valence-electron chi connectivity index (χ2n) is 9.21. The number of halogens is 1. The second kappa shape index (κ2) is 7.98. The molecular formula is C23H31ClN3O3+. The third-order valence-corrected chi connectivity index (χ3v) is 7.86. The van der Waals surface area contributed by atoms with Crippen LogP contribution < -0.4 is 10.2 Å². The van der Waals surface area contributed by atoms with Gasteiger partial charge in [0.15, 0.2) is 0 Å². The molecule has 0 spiro atoms. The van der Waals surface area contributed by atoms with Gasteiger partial charge < -0.3 is 20.4 Å². The summed E-state index contributed by atoms with van der Waals surface area (Å²) in [6.45, 7) is 6.46. The molecule has 30 heavy (non-hydrogen) atoms. The Balaban J connectivity index is 1.34. The summed E-state index contributed by atoms with van der Waals surface area (Å²) in [4.78, 5) is 13.6. The quantitative estimate of drug-likeness (QED) is 0.497. The van der Waals surface area contributed by atoms with E-state index in [9.17, 15) is 15.0 Å². The summed E-state index contributed by atoms with van der Waals surface area (Å²) in [5, 5.41) is 31.2. The van der Waals surface area contributed by atoms with Crippen molar-refractivity contribution in [2.24, 2.45) is 17.8 Å². The van der Waals surface area contributed by atoms with Crippen molar-refractivity contribution in [2.75, 3.05) is 24.5 Å². The summed E-state index contributed by atoms with van der Waals surface area (Å²) in [6, 6.07) is 5.95. The van der Waals surface area contributed by atoms with E-state index in [0.717, 1.165) is 47.1 Å². The van der Waals surface area contributed by atoms with Gasteiger partial charge in [0.2, 0.25) is 0 Å². The minimum atomic E-state index is -1.14. The van der Waals surface area contributed by atoms with Crippen LogP contribution in [0.4, 0.5) is 5.69 Å². The summed E-state index contributed by atoms with van der Waals surface area (Å²) in [5.41, 5.74) is 3.02. The summed E-state index contributed by atoms with van der Waals surface area (Å²) in [5.74, 6) is 0.0867. The molecule has 1 heterocycles. The highest BCUT2D eigenvalue weighted by Crippen LogP contribution is 2.58. The third-order valence-electron chi connectivity index (χ3n) is 7.45. The molecule has 1 saturated carbocycles. The fraction of sp³-hybridized carbons (Fsp3) is 0.565. The SMILES string of the molecule is Cc1c(Cl)cccc1N1CCC(O)(CC[NH2+]C2=C(C(=N)C(=O)O)[C@@H]3[C@H](C)[C@@H]3C2)CC1. The van der Waals surface area contributed by atoms with Crippen molar-refractivity contribution < 1.29 is 20.3 Å². The normalized spacial score (nSPS) is 27.2. The monoisotopic (exact) mass is 432 g/mol. The van der Waals surface area contributed by atoms with Crippen molar-refractivity contribution in [3.63, 3.8) is 0 Å². The van der Waals surface area contributed by atoms with Crippen molar-refractivity contribution in [2.45, 2.75) is 45.1 Å². The number of nitrogens with two attached hydrogens (primary N) is 1. The Kier molecular flexibility index (Phi) is 5.68. The number of quaternary nitrogens is 1. The number of carboxylic acids is 1. The third kappa shape index (κ3) is 3.88. The molecule has 0 unspecified atom stereocenters. The Hall–Kier alpha value is -1.89. The van der Waals surface area contributed by atoms with Crippen LogP contribution >= 0.6 is 11.6 Å². The summed E-state index contributed by atoms with van der Waals surface area (Å²) >= 11 is 6.26. The number of nitrogens with zero attached hydrogens (tertiary/aromatic N) is 1. The molecule has 162 valence electrons. The number of hydrogen-bond acceptors (Lipinski definition) is 4. The molecule has 6 nitrogen and oxygen atoms in total. The Morgan fingerprint density at radius 1 is 1.37 bits per heavy atom. The molecule has 3 aliphatic rings. The highest BCUT2D eigenvalue weighted by Gasteiger charge is 2.57. The summed E-state index contributed by atoms with van der Waals surface area (Å²) in [6.07, 6.45) is 2.94. The zero-order valence-corrected chi connectivity index (χ0v) is 18.4. The molecule has 3 atom stereocenters. The first-order valence-corrected chi connectivity index (χ1v) is 11.2. The first kappa shape index (κ1) is 21.3. The minimum absolute atomic E-state index is 0.243. The Labute approximate surface area is 182 Å². The zero-order chi connectivity index (χ0) is 21.6. The van der Waals surface area contributed by atoms with Gasteiger partial charge >= 0.3 is 5.97 Å². The molecule has 5 N–H and O–H groups in total. The van der Waals surface area contributed by atoms with Gasteiger partial charge in [-0.25, -0.2) is 4.79 Å². The van der Waals surface area contributed by atoms with Crippen molar-refractivity contribution in [1.82, 2.24) is 0 Å². The van der Waals surface area contributed by atoms with Crippen LogP contribution in [-0.4, -0.2) is 47.1 Å². The molecule has 0 bridgehead atoms. The van der Waals surface area contributed by atoms with Crippen molar-refractivity contribution >= 4 is 29.0 Å². The molecule has 1 aromatic carbocycles. The average Bonchev–Trinajstić information content (AvgIpc) is 3.16. The molecular weight excluding hydrogens is 402 g/mol. The molecule has 7 heteroatoms. The molecule has 0 amide bonds. The van der Waals surface area contributed by atoms with E-state index in [2.05, 4.69) is 23.2 Å². The van der Waals surface area contributed by atoms with Crippen LogP contribution in [0, 0.1) is 30.1 Å². The maximum absolute atomic E-state index is 11.3. The van der Waals surface area contributed by atoms with Crippen LogP contribution in [0.5, 0.6) is 0 Å². The predicted octanol–water partition coefficient (Wildman–Crippen LogP) is 2.58. The number of aliphatic hydroxyl groups is 1. The van der Waals surface area contributed by atoms with Crippen molar-refractivity contribution in [3.05, 3.63) is 40.1 Å². The van der Waals surface area contributed by atoms with Crippen LogP contribution in [-0.2, 0) is 4.79 Å². The molecule has 0 aromatic heterocycles. The van der Waals surface area contributed by atoms with E-state index in [-0.39, 0.29) is 11.6 Å². The molecule has 1 aliphatic heterocycles. The second-order valence-corrected chi connectivity index (χ2v) is 9.62. The fourth-order valence-corrected chi connectivity index (χ4v) is 5.59. The highest BCUT2D eigenvalue weighted by atomic mass is 35.5. The number of allylic oxidation sites excluding steroid dienone is 1. The van der Waals surface area contributed by atoms with Crippen LogP contribution in [0.1, 0.15) is 38.2 Å². The van der Waals surface area contributed by atoms with E-state index in [1.165, 1.54) is 0 Å². The number of hydrogen-bond donors (Lipinski definition) is 4. The lowest BCUT2D eigenvalue weighted by molar-refractivity contribution is -0.611. The molecule has 2 fully saturated rings. The van der Waals surface area contributed by atoms with Gasteiger partial charge in [-0.3, -0.25) is 5.41 Å². The Morgan fingerprint density at radius 3 is 2.73 bits per heavy atom. The Morgan fingerprint density at radius 2 is 2.07 bits per heavy atom. The first-order chi connectivity index (χ1) is 14.2. The number of anilines is 1. The van der Waals surface area contributed by atoms with Gasteiger partial charge in [-0.1, -0.05) is 24.6 Å². The average molecular weight is 433 g/mol. The number of nitrogens with one attached hydrogen (secondary N) is 1. The van der Waals surface area contributed by atoms with E-state index in [1.54, 1.807) is 0 Å². The van der Waals surface area contributed by atoms with E-state index in [0.29, 0.717) is 37.6 Å². The summed E-state index contributed by atoms with van der Waals surface area (Å²) in [7, 11) is 0. The molecule has 2 aliphatic carbocycles. The smallest absolute Gasteiger partial charge is 0.354 e. The molecule has 0 radical (unpaired) electrons. The van der Waals surface area contributed by atoms with Crippen LogP contribution in [0.3, 0.4) is 0 Å². The van der Waals surface area contributed by atoms with Gasteiger partial charge in [0.1, 0.15) is 11.4 Å². The standard InChI is InChI=1S/C23H30ClN3O3/c1-13-15-12-17(20(19(13)15)21(25)22(28)29)26-9-6-23(30)7-10-27(11-8-23)18-5-3-4-16(24)14(18)2/h3-5,13,15,19,25-26,30H,6-12H2,1-2H3,(H,28,29)/p+1/t13-,15+,19-/m1/s1. The maximum Gasteiger partial charge on any atom is 0.354 e. The number of carboxylic acid groups (broad SMARTS) is 1. The lowest BCUT2D eigenvalue weighted by Crippen LogP contribution is -2.83.